The summed E-state index contributed by atoms with van der Waals surface area (Å²) in [6, 6.07) is 5.13. The number of carboxylic acid groups (broad SMARTS) is 2. The van der Waals surface area contributed by atoms with E-state index >= 15 is 0 Å². The molecule has 1 aromatic rings. The molecule has 0 heterocycles. The molecule has 7 heteroatoms. The topological polar surface area (TPSA) is 104 Å². The summed E-state index contributed by atoms with van der Waals surface area (Å²) in [6.07, 6.45) is 1.23. The van der Waals surface area contributed by atoms with Gasteiger partial charge in [0.15, 0.2) is 0 Å². The molecule has 0 saturated heterocycles. The maximum absolute atomic E-state index is 11.8. The van der Waals surface area contributed by atoms with Gasteiger partial charge in [-0.25, -0.2) is 4.79 Å². The van der Waals surface area contributed by atoms with Gasteiger partial charge in [-0.15, -0.1) is 11.8 Å². The Hall–Kier alpha value is -2.02. The number of rotatable bonds is 6. The standard InChI is InChI=1S/C12H13NO5S/c1-19-8-4-2-7(3-5-8)11(16)13-9(12(17)18)6-10(14)15/h2-5,9H,6H2,1H3,(H,13,16)(H,14,15)(H,17,18)/t9-/m1/s1. The number of aliphatic carboxylic acids is 2. The second-order valence-corrected chi connectivity index (χ2v) is 4.57. The number of amides is 1. The van der Waals surface area contributed by atoms with E-state index in [4.69, 9.17) is 10.2 Å². The van der Waals surface area contributed by atoms with Crippen LogP contribution in [0.2, 0.25) is 0 Å². The number of carbonyl (C=O) groups is 3. The second kappa shape index (κ2) is 6.79. The maximum atomic E-state index is 11.8. The Labute approximate surface area is 113 Å². The number of hydrogen-bond acceptors (Lipinski definition) is 4. The lowest BCUT2D eigenvalue weighted by atomic mass is 10.1. The fourth-order valence-corrected chi connectivity index (χ4v) is 1.77. The Morgan fingerprint density at radius 3 is 2.21 bits per heavy atom. The highest BCUT2D eigenvalue weighted by Gasteiger charge is 2.23. The number of benzene rings is 1. The Morgan fingerprint density at radius 1 is 1.21 bits per heavy atom. The van der Waals surface area contributed by atoms with Gasteiger partial charge in [-0.2, -0.15) is 0 Å². The molecule has 0 bridgehead atoms. The molecule has 1 atom stereocenters. The van der Waals surface area contributed by atoms with E-state index in [9.17, 15) is 14.4 Å². The molecular weight excluding hydrogens is 270 g/mol. The van der Waals surface area contributed by atoms with Crippen molar-refractivity contribution < 1.29 is 24.6 Å². The number of hydrogen-bond donors (Lipinski definition) is 3. The van der Waals surface area contributed by atoms with Gasteiger partial charge in [0, 0.05) is 10.5 Å². The third-order valence-corrected chi connectivity index (χ3v) is 3.08. The summed E-state index contributed by atoms with van der Waals surface area (Å²) in [5.74, 6) is -3.27. The van der Waals surface area contributed by atoms with Crippen LogP contribution in [0.5, 0.6) is 0 Å². The normalized spacial score (nSPS) is 11.6. The molecule has 6 nitrogen and oxygen atoms in total. The van der Waals surface area contributed by atoms with E-state index in [0.29, 0.717) is 0 Å². The predicted octanol–water partition coefficient (Wildman–Crippen LogP) is 1.07. The summed E-state index contributed by atoms with van der Waals surface area (Å²) < 4.78 is 0. The van der Waals surface area contributed by atoms with Gasteiger partial charge in [0.25, 0.3) is 5.91 Å². The number of carbonyl (C=O) groups excluding carboxylic acids is 1. The fourth-order valence-electron chi connectivity index (χ4n) is 1.36. The Balaban J connectivity index is 2.75. The fraction of sp³-hybridized carbons (Fsp3) is 0.250. The van der Waals surface area contributed by atoms with E-state index in [2.05, 4.69) is 5.32 Å². The van der Waals surface area contributed by atoms with Crippen molar-refractivity contribution in [2.24, 2.45) is 0 Å². The number of carboxylic acids is 2. The van der Waals surface area contributed by atoms with Crippen molar-refractivity contribution in [1.29, 1.82) is 0 Å². The van der Waals surface area contributed by atoms with Crippen LogP contribution in [0.1, 0.15) is 16.8 Å². The lowest BCUT2D eigenvalue weighted by Crippen LogP contribution is -2.42. The number of nitrogens with one attached hydrogen (secondary N) is 1. The minimum Gasteiger partial charge on any atom is -0.481 e. The molecule has 0 spiro atoms. The maximum Gasteiger partial charge on any atom is 0.326 e. The first-order valence-electron chi connectivity index (χ1n) is 5.33. The molecule has 19 heavy (non-hydrogen) atoms. The Kier molecular flexibility index (Phi) is 5.37. The van der Waals surface area contributed by atoms with Crippen LogP contribution in [-0.2, 0) is 9.59 Å². The van der Waals surface area contributed by atoms with Crippen LogP contribution < -0.4 is 5.32 Å². The minimum absolute atomic E-state index is 0.287. The first-order valence-corrected chi connectivity index (χ1v) is 6.56. The Morgan fingerprint density at radius 2 is 1.79 bits per heavy atom. The zero-order chi connectivity index (χ0) is 14.4. The highest BCUT2D eigenvalue weighted by atomic mass is 32.2. The molecule has 0 fully saturated rings. The molecule has 0 radical (unpaired) electrons. The molecule has 0 aliphatic carbocycles. The quantitative estimate of drug-likeness (QED) is 0.675. The van der Waals surface area contributed by atoms with Crippen molar-refractivity contribution in [3.05, 3.63) is 29.8 Å². The second-order valence-electron chi connectivity index (χ2n) is 3.69. The van der Waals surface area contributed by atoms with Gasteiger partial charge in [-0.3, -0.25) is 9.59 Å². The zero-order valence-corrected chi connectivity index (χ0v) is 10.9. The molecule has 0 aliphatic rings. The van der Waals surface area contributed by atoms with Crippen molar-refractivity contribution >= 4 is 29.6 Å². The lowest BCUT2D eigenvalue weighted by molar-refractivity contribution is -0.145. The summed E-state index contributed by atoms with van der Waals surface area (Å²) in [6.45, 7) is 0. The van der Waals surface area contributed by atoms with Crippen molar-refractivity contribution in [3.63, 3.8) is 0 Å². The highest BCUT2D eigenvalue weighted by Crippen LogP contribution is 2.14. The van der Waals surface area contributed by atoms with Crippen LogP contribution in [0.25, 0.3) is 0 Å². The smallest absolute Gasteiger partial charge is 0.326 e. The molecule has 0 unspecified atom stereocenters. The monoisotopic (exact) mass is 283 g/mol. The first kappa shape index (κ1) is 15.0. The van der Waals surface area contributed by atoms with Crippen molar-refractivity contribution in [3.8, 4) is 0 Å². The summed E-state index contributed by atoms with van der Waals surface area (Å²) in [4.78, 5) is 34.1. The van der Waals surface area contributed by atoms with E-state index in [1.165, 1.54) is 11.8 Å². The first-order chi connectivity index (χ1) is 8.93. The summed E-state index contributed by atoms with van der Waals surface area (Å²) in [5.41, 5.74) is 0.287. The highest BCUT2D eigenvalue weighted by molar-refractivity contribution is 7.98. The van der Waals surface area contributed by atoms with Gasteiger partial charge in [-0.05, 0) is 30.5 Å². The van der Waals surface area contributed by atoms with Crippen LogP contribution in [-0.4, -0.2) is 40.4 Å². The molecule has 0 aromatic heterocycles. The minimum atomic E-state index is -1.44. The molecular formula is C12H13NO5S. The van der Waals surface area contributed by atoms with E-state index in [1.54, 1.807) is 24.3 Å². The van der Waals surface area contributed by atoms with Gasteiger partial charge < -0.3 is 15.5 Å². The van der Waals surface area contributed by atoms with Crippen molar-refractivity contribution in [2.45, 2.75) is 17.4 Å². The van der Waals surface area contributed by atoms with E-state index in [-0.39, 0.29) is 5.56 Å². The van der Waals surface area contributed by atoms with Gasteiger partial charge in [-0.1, -0.05) is 0 Å². The number of thioether (sulfide) groups is 1. The molecule has 0 aliphatic heterocycles. The summed E-state index contributed by atoms with van der Waals surface area (Å²) in [5, 5.41) is 19.6. The van der Waals surface area contributed by atoms with Crippen LogP contribution in [0, 0.1) is 0 Å². The van der Waals surface area contributed by atoms with Crippen LogP contribution in [0.3, 0.4) is 0 Å². The Bertz CT molecular complexity index is 485. The molecule has 1 aromatic carbocycles. The molecule has 0 saturated carbocycles. The average molecular weight is 283 g/mol. The largest absolute Gasteiger partial charge is 0.481 e. The molecule has 102 valence electrons. The van der Waals surface area contributed by atoms with Crippen LogP contribution >= 0.6 is 11.8 Å². The van der Waals surface area contributed by atoms with Gasteiger partial charge in [0.2, 0.25) is 0 Å². The third-order valence-electron chi connectivity index (χ3n) is 2.33. The predicted molar refractivity (Wildman–Crippen MR) is 69.4 cm³/mol. The average Bonchev–Trinajstić information content (AvgIpc) is 2.37. The zero-order valence-electron chi connectivity index (χ0n) is 10.1. The molecule has 1 rings (SSSR count). The van der Waals surface area contributed by atoms with E-state index < -0.39 is 30.3 Å². The van der Waals surface area contributed by atoms with Gasteiger partial charge >= 0.3 is 11.9 Å². The van der Waals surface area contributed by atoms with E-state index in [0.717, 1.165) is 4.90 Å². The lowest BCUT2D eigenvalue weighted by Gasteiger charge is -2.12. The van der Waals surface area contributed by atoms with Crippen molar-refractivity contribution in [2.75, 3.05) is 6.26 Å². The van der Waals surface area contributed by atoms with E-state index in [1.807, 2.05) is 6.26 Å². The third kappa shape index (κ3) is 4.63. The summed E-state index contributed by atoms with van der Waals surface area (Å²) >= 11 is 1.51. The van der Waals surface area contributed by atoms with Crippen LogP contribution in [0.15, 0.2) is 29.2 Å². The molecule has 3 N–H and O–H groups in total. The summed E-state index contributed by atoms with van der Waals surface area (Å²) in [7, 11) is 0. The van der Waals surface area contributed by atoms with Crippen molar-refractivity contribution in [1.82, 2.24) is 5.32 Å². The van der Waals surface area contributed by atoms with Gasteiger partial charge in [0.1, 0.15) is 6.04 Å². The van der Waals surface area contributed by atoms with Crippen LogP contribution in [0.4, 0.5) is 0 Å². The molecule has 1 amide bonds. The van der Waals surface area contributed by atoms with Gasteiger partial charge in [0.05, 0.1) is 6.42 Å². The SMILES string of the molecule is CSc1ccc(C(=O)N[C@H](CC(=O)O)C(=O)O)cc1.